The molecule has 1 aliphatic heterocycles. The maximum atomic E-state index is 11.3. The first-order valence-corrected chi connectivity index (χ1v) is 9.50. The van der Waals surface area contributed by atoms with Crippen LogP contribution in [0.15, 0.2) is 36.4 Å². The van der Waals surface area contributed by atoms with Crippen LogP contribution in [0.1, 0.15) is 28.9 Å². The number of rotatable bonds is 8. The van der Waals surface area contributed by atoms with E-state index in [1.165, 1.54) is 0 Å². The highest BCUT2D eigenvalue weighted by Crippen LogP contribution is 2.29. The number of aromatic carboxylic acids is 1. The highest BCUT2D eigenvalue weighted by molar-refractivity contribution is 6.01. The van der Waals surface area contributed by atoms with Crippen LogP contribution < -0.4 is 14.8 Å². The molecule has 1 aromatic heterocycles. The fourth-order valence-corrected chi connectivity index (χ4v) is 3.39. The Hall–Kier alpha value is -3.26. The lowest BCUT2D eigenvalue weighted by atomic mass is 10.1. The van der Waals surface area contributed by atoms with Gasteiger partial charge in [0.05, 0.1) is 18.7 Å². The molecule has 152 valence electrons. The van der Waals surface area contributed by atoms with Gasteiger partial charge in [-0.25, -0.2) is 4.79 Å². The summed E-state index contributed by atoms with van der Waals surface area (Å²) in [5.41, 5.74) is 2.51. The second-order valence-electron chi connectivity index (χ2n) is 6.92. The Morgan fingerprint density at radius 3 is 2.97 bits per heavy atom. The Morgan fingerprint density at radius 2 is 2.21 bits per heavy atom. The van der Waals surface area contributed by atoms with Crippen molar-refractivity contribution in [1.29, 1.82) is 0 Å². The van der Waals surface area contributed by atoms with Crippen LogP contribution in [0.3, 0.4) is 0 Å². The molecule has 1 saturated heterocycles. The van der Waals surface area contributed by atoms with E-state index >= 15 is 0 Å². The monoisotopic (exact) mass is 397 g/mol. The summed E-state index contributed by atoms with van der Waals surface area (Å²) < 4.78 is 16.9. The van der Waals surface area contributed by atoms with Crippen molar-refractivity contribution in [2.75, 3.05) is 25.6 Å². The average molecular weight is 397 g/mol. The highest BCUT2D eigenvalue weighted by Gasteiger charge is 2.17. The first kappa shape index (κ1) is 19.1. The van der Waals surface area contributed by atoms with E-state index < -0.39 is 5.97 Å². The number of carbonyl (C=O) groups is 1. The molecule has 1 fully saturated rings. The lowest BCUT2D eigenvalue weighted by Gasteiger charge is -2.15. The minimum atomic E-state index is -1.06. The van der Waals surface area contributed by atoms with Gasteiger partial charge in [-0.3, -0.25) is 5.10 Å². The number of ether oxygens (including phenoxy) is 3. The van der Waals surface area contributed by atoms with Crippen LogP contribution in [0, 0.1) is 0 Å². The normalized spacial score (nSPS) is 16.1. The van der Waals surface area contributed by atoms with Crippen molar-refractivity contribution in [3.63, 3.8) is 0 Å². The molecule has 1 aliphatic rings. The van der Waals surface area contributed by atoms with Gasteiger partial charge in [-0.15, -0.1) is 0 Å². The molecule has 2 heterocycles. The van der Waals surface area contributed by atoms with Gasteiger partial charge >= 0.3 is 5.97 Å². The number of nitrogens with zero attached hydrogens (tertiary/aromatic N) is 1. The van der Waals surface area contributed by atoms with Gasteiger partial charge in [-0.1, -0.05) is 6.07 Å². The maximum Gasteiger partial charge on any atom is 0.357 e. The second kappa shape index (κ2) is 8.40. The smallest absolute Gasteiger partial charge is 0.357 e. The summed E-state index contributed by atoms with van der Waals surface area (Å²) in [4.78, 5) is 11.3. The third kappa shape index (κ3) is 4.27. The molecular weight excluding hydrogens is 374 g/mol. The number of nitrogens with one attached hydrogen (secondary N) is 2. The van der Waals surface area contributed by atoms with Gasteiger partial charge in [0.25, 0.3) is 0 Å². The molecule has 4 rings (SSSR count). The fourth-order valence-electron chi connectivity index (χ4n) is 3.39. The topological polar surface area (TPSA) is 106 Å². The predicted octanol–water partition coefficient (Wildman–Crippen LogP) is 3.44. The molecule has 8 heteroatoms. The maximum absolute atomic E-state index is 11.3. The van der Waals surface area contributed by atoms with Crippen LogP contribution in [-0.4, -0.2) is 47.7 Å². The number of hydrogen-bond donors (Lipinski definition) is 3. The lowest BCUT2D eigenvalue weighted by Crippen LogP contribution is -2.16. The van der Waals surface area contributed by atoms with E-state index in [0.717, 1.165) is 30.7 Å². The third-order valence-corrected chi connectivity index (χ3v) is 4.94. The largest absolute Gasteiger partial charge is 0.493 e. The minimum absolute atomic E-state index is 0.0121. The van der Waals surface area contributed by atoms with Gasteiger partial charge in [-0.05, 0) is 48.7 Å². The molecule has 0 bridgehead atoms. The molecule has 2 aromatic carbocycles. The highest BCUT2D eigenvalue weighted by atomic mass is 16.5. The van der Waals surface area contributed by atoms with Crippen LogP contribution in [0.2, 0.25) is 0 Å². The standard InChI is InChI=1S/C21H23N3O5/c1-27-19-9-13(4-7-18(19)29-12-15-3-2-8-28-15)11-22-14-5-6-17-16(10-14)20(21(25)26)24-23-17/h4-7,9-10,15,22H,2-3,8,11-12H2,1H3,(H,23,24)(H,25,26). The van der Waals surface area contributed by atoms with Gasteiger partial charge < -0.3 is 24.6 Å². The number of aromatic amines is 1. The number of fused-ring (bicyclic) bond motifs is 1. The summed E-state index contributed by atoms with van der Waals surface area (Å²) in [6.07, 6.45) is 2.25. The molecule has 0 aliphatic carbocycles. The molecule has 1 atom stereocenters. The van der Waals surface area contributed by atoms with Crippen LogP contribution in [0.4, 0.5) is 5.69 Å². The Kier molecular flexibility index (Phi) is 5.53. The molecule has 29 heavy (non-hydrogen) atoms. The predicted molar refractivity (Wildman–Crippen MR) is 108 cm³/mol. The Labute approximate surface area is 167 Å². The van der Waals surface area contributed by atoms with Crippen LogP contribution in [-0.2, 0) is 11.3 Å². The van der Waals surface area contributed by atoms with Crippen molar-refractivity contribution in [3.8, 4) is 11.5 Å². The molecule has 0 spiro atoms. The second-order valence-corrected chi connectivity index (χ2v) is 6.92. The zero-order chi connectivity index (χ0) is 20.2. The summed E-state index contributed by atoms with van der Waals surface area (Å²) in [7, 11) is 1.62. The fraction of sp³-hybridized carbons (Fsp3) is 0.333. The molecule has 8 nitrogen and oxygen atoms in total. The summed E-state index contributed by atoms with van der Waals surface area (Å²) >= 11 is 0. The van der Waals surface area contributed by atoms with E-state index in [9.17, 15) is 9.90 Å². The van der Waals surface area contributed by atoms with Crippen LogP contribution >= 0.6 is 0 Å². The van der Waals surface area contributed by atoms with Gasteiger partial charge in [0.2, 0.25) is 0 Å². The van der Waals surface area contributed by atoms with Crippen LogP contribution in [0.25, 0.3) is 10.9 Å². The van der Waals surface area contributed by atoms with Crippen molar-refractivity contribution in [2.45, 2.75) is 25.5 Å². The minimum Gasteiger partial charge on any atom is -0.493 e. The number of benzene rings is 2. The number of H-pyrrole nitrogens is 1. The number of aromatic nitrogens is 2. The zero-order valence-electron chi connectivity index (χ0n) is 16.1. The van der Waals surface area contributed by atoms with E-state index in [0.29, 0.717) is 35.6 Å². The van der Waals surface area contributed by atoms with Gasteiger partial charge in [0.15, 0.2) is 17.2 Å². The van der Waals surface area contributed by atoms with Crippen molar-refractivity contribution in [2.24, 2.45) is 0 Å². The summed E-state index contributed by atoms with van der Waals surface area (Å²) in [6.45, 7) is 1.87. The molecular formula is C21H23N3O5. The number of anilines is 1. The molecule has 0 amide bonds. The average Bonchev–Trinajstić information content (AvgIpc) is 3.40. The van der Waals surface area contributed by atoms with E-state index in [4.69, 9.17) is 14.2 Å². The number of hydrogen-bond acceptors (Lipinski definition) is 6. The Balaban J connectivity index is 1.43. The first-order valence-electron chi connectivity index (χ1n) is 9.50. The number of carboxylic acid groups (broad SMARTS) is 1. The molecule has 0 saturated carbocycles. The van der Waals surface area contributed by atoms with E-state index in [-0.39, 0.29) is 11.8 Å². The molecule has 0 radical (unpaired) electrons. The van der Waals surface area contributed by atoms with E-state index in [2.05, 4.69) is 15.5 Å². The zero-order valence-corrected chi connectivity index (χ0v) is 16.1. The SMILES string of the molecule is COc1cc(CNc2ccc3[nH]nc(C(=O)O)c3c2)ccc1OCC1CCCO1. The summed E-state index contributed by atoms with van der Waals surface area (Å²) in [6, 6.07) is 11.3. The molecule has 3 N–H and O–H groups in total. The van der Waals surface area contributed by atoms with Crippen molar-refractivity contribution in [3.05, 3.63) is 47.7 Å². The lowest BCUT2D eigenvalue weighted by molar-refractivity contribution is 0.0669. The third-order valence-electron chi connectivity index (χ3n) is 4.94. The van der Waals surface area contributed by atoms with Gasteiger partial charge in [0.1, 0.15) is 6.61 Å². The first-order chi connectivity index (χ1) is 14.1. The Bertz CT molecular complexity index is 1010. The molecule has 3 aromatic rings. The van der Waals surface area contributed by atoms with E-state index in [1.54, 1.807) is 19.2 Å². The number of carboxylic acids is 1. The quantitative estimate of drug-likeness (QED) is 0.535. The Morgan fingerprint density at radius 1 is 1.31 bits per heavy atom. The van der Waals surface area contributed by atoms with Crippen molar-refractivity contribution < 1.29 is 24.1 Å². The summed E-state index contributed by atoms with van der Waals surface area (Å²) in [5.74, 6) is 0.301. The number of methoxy groups -OCH3 is 1. The molecule has 1 unspecified atom stereocenters. The van der Waals surface area contributed by atoms with Crippen molar-refractivity contribution >= 4 is 22.6 Å². The van der Waals surface area contributed by atoms with Crippen LogP contribution in [0.5, 0.6) is 11.5 Å². The van der Waals surface area contributed by atoms with Gasteiger partial charge in [0, 0.05) is 24.2 Å². The van der Waals surface area contributed by atoms with E-state index in [1.807, 2.05) is 24.3 Å². The van der Waals surface area contributed by atoms with Gasteiger partial charge in [-0.2, -0.15) is 5.10 Å². The summed E-state index contributed by atoms with van der Waals surface area (Å²) in [5, 5.41) is 19.7. The van der Waals surface area contributed by atoms with Crippen molar-refractivity contribution in [1.82, 2.24) is 10.2 Å².